The highest BCUT2D eigenvalue weighted by atomic mass is 16.5. The fraction of sp³-hybridized carbons (Fsp3) is 0.818. The maximum absolute atomic E-state index is 5.48. The number of aliphatic imine (C=N–C) groups is 2. The van der Waals surface area contributed by atoms with Crippen LogP contribution in [0.2, 0.25) is 0 Å². The molecule has 0 aliphatic carbocycles. The Balaban J connectivity index is 1.88. The topological polar surface area (TPSA) is 43.2 Å². The van der Waals surface area contributed by atoms with E-state index in [0.717, 1.165) is 37.9 Å². The Labute approximate surface area is 90.4 Å². The molecule has 0 bridgehead atoms. The summed E-state index contributed by atoms with van der Waals surface area (Å²) in [7, 11) is 0. The van der Waals surface area contributed by atoms with E-state index in [4.69, 9.17) is 9.47 Å². The molecule has 0 aromatic carbocycles. The van der Waals surface area contributed by atoms with Gasteiger partial charge in [-0.3, -0.25) is 0 Å². The second-order valence-corrected chi connectivity index (χ2v) is 3.97. The van der Waals surface area contributed by atoms with E-state index in [0.29, 0.717) is 18.5 Å². The van der Waals surface area contributed by atoms with Crippen molar-refractivity contribution in [2.75, 3.05) is 13.2 Å². The first-order chi connectivity index (χ1) is 7.31. The van der Waals surface area contributed by atoms with Crippen LogP contribution in [-0.2, 0) is 9.47 Å². The molecule has 2 heterocycles. The van der Waals surface area contributed by atoms with Gasteiger partial charge in [-0.05, 0) is 12.8 Å². The van der Waals surface area contributed by atoms with E-state index in [9.17, 15) is 0 Å². The van der Waals surface area contributed by atoms with Gasteiger partial charge in [0.2, 0.25) is 0 Å². The molecule has 0 fully saturated rings. The van der Waals surface area contributed by atoms with Crippen LogP contribution in [-0.4, -0.2) is 37.1 Å². The summed E-state index contributed by atoms with van der Waals surface area (Å²) >= 11 is 0. The summed E-state index contributed by atoms with van der Waals surface area (Å²) in [4.78, 5) is 8.91. The van der Waals surface area contributed by atoms with Crippen LogP contribution >= 0.6 is 0 Å². The van der Waals surface area contributed by atoms with E-state index in [1.54, 1.807) is 0 Å². The van der Waals surface area contributed by atoms with E-state index in [2.05, 4.69) is 23.8 Å². The van der Waals surface area contributed by atoms with Crippen LogP contribution in [0.25, 0.3) is 0 Å². The fourth-order valence-corrected chi connectivity index (χ4v) is 1.68. The van der Waals surface area contributed by atoms with Crippen molar-refractivity contribution in [2.45, 2.75) is 45.2 Å². The van der Waals surface area contributed by atoms with Gasteiger partial charge in [-0.15, -0.1) is 0 Å². The van der Waals surface area contributed by atoms with Gasteiger partial charge in [-0.2, -0.15) is 0 Å². The van der Waals surface area contributed by atoms with E-state index < -0.39 is 0 Å². The second kappa shape index (κ2) is 4.64. The molecule has 4 heteroatoms. The van der Waals surface area contributed by atoms with E-state index in [1.165, 1.54) is 0 Å². The minimum Gasteiger partial charge on any atom is -0.478 e. The van der Waals surface area contributed by atoms with Crippen molar-refractivity contribution in [3.05, 3.63) is 0 Å². The Morgan fingerprint density at radius 1 is 1.00 bits per heavy atom. The SMILES string of the molecule is CCC1COC(CC2=NC(CC)CO2)=N1. The minimum absolute atomic E-state index is 0.337. The van der Waals surface area contributed by atoms with Gasteiger partial charge < -0.3 is 9.47 Å². The molecule has 2 unspecified atom stereocenters. The molecule has 84 valence electrons. The number of ether oxygens (including phenoxy) is 2. The van der Waals surface area contributed by atoms with Crippen molar-refractivity contribution in [1.29, 1.82) is 0 Å². The van der Waals surface area contributed by atoms with Crippen LogP contribution < -0.4 is 0 Å². The molecule has 2 aliphatic heterocycles. The van der Waals surface area contributed by atoms with Crippen molar-refractivity contribution in [1.82, 2.24) is 0 Å². The molecule has 0 amide bonds. The van der Waals surface area contributed by atoms with Gasteiger partial charge in [0.05, 0.1) is 18.5 Å². The van der Waals surface area contributed by atoms with Gasteiger partial charge in [0.1, 0.15) is 13.2 Å². The first-order valence-electron chi connectivity index (χ1n) is 5.70. The van der Waals surface area contributed by atoms with Crippen molar-refractivity contribution < 1.29 is 9.47 Å². The lowest BCUT2D eigenvalue weighted by Crippen LogP contribution is -2.08. The third kappa shape index (κ3) is 2.49. The molecule has 0 aromatic heterocycles. The molecule has 2 aliphatic rings. The standard InChI is InChI=1S/C11H18N2O2/c1-3-8-6-14-10(12-8)5-11-13-9(4-2)7-15-11/h8-9H,3-7H2,1-2H3. The predicted molar refractivity (Wildman–Crippen MR) is 59.5 cm³/mol. The summed E-state index contributed by atoms with van der Waals surface area (Å²) in [6, 6.07) is 0.674. The average Bonchev–Trinajstić information content (AvgIpc) is 2.87. The summed E-state index contributed by atoms with van der Waals surface area (Å²) in [6.07, 6.45) is 2.70. The molecule has 2 atom stereocenters. The van der Waals surface area contributed by atoms with E-state index >= 15 is 0 Å². The minimum atomic E-state index is 0.337. The maximum atomic E-state index is 5.48. The molecule has 0 aromatic rings. The van der Waals surface area contributed by atoms with Gasteiger partial charge in [0, 0.05) is 0 Å². The second-order valence-electron chi connectivity index (χ2n) is 3.97. The summed E-state index contributed by atoms with van der Waals surface area (Å²) in [5.74, 6) is 1.58. The lowest BCUT2D eigenvalue weighted by Gasteiger charge is -2.00. The zero-order valence-corrected chi connectivity index (χ0v) is 9.40. The summed E-state index contributed by atoms with van der Waals surface area (Å²) in [6.45, 7) is 5.68. The first-order valence-corrected chi connectivity index (χ1v) is 5.70. The highest BCUT2D eigenvalue weighted by molar-refractivity contribution is 5.98. The molecule has 0 N–H and O–H groups in total. The van der Waals surface area contributed by atoms with E-state index in [1.807, 2.05) is 0 Å². The Morgan fingerprint density at radius 2 is 1.47 bits per heavy atom. The Hall–Kier alpha value is -1.06. The smallest absolute Gasteiger partial charge is 0.193 e. The highest BCUT2D eigenvalue weighted by Gasteiger charge is 2.23. The van der Waals surface area contributed by atoms with Gasteiger partial charge in [-0.1, -0.05) is 13.8 Å². The molecule has 2 rings (SSSR count). The van der Waals surface area contributed by atoms with Crippen LogP contribution in [0.4, 0.5) is 0 Å². The predicted octanol–water partition coefficient (Wildman–Crippen LogP) is 1.79. The van der Waals surface area contributed by atoms with Crippen LogP contribution in [0.3, 0.4) is 0 Å². The summed E-state index contributed by atoms with van der Waals surface area (Å²) < 4.78 is 11.0. The van der Waals surface area contributed by atoms with Crippen molar-refractivity contribution in [3.8, 4) is 0 Å². The molecular formula is C11H18N2O2. The summed E-state index contributed by atoms with van der Waals surface area (Å²) in [5, 5.41) is 0. The number of nitrogens with zero attached hydrogens (tertiary/aromatic N) is 2. The third-order valence-electron chi connectivity index (χ3n) is 2.78. The quantitative estimate of drug-likeness (QED) is 0.710. The molecule has 0 spiro atoms. The lowest BCUT2D eigenvalue weighted by molar-refractivity contribution is 0.296. The van der Waals surface area contributed by atoms with Crippen LogP contribution in [0.5, 0.6) is 0 Å². The number of rotatable bonds is 4. The average molecular weight is 210 g/mol. The maximum Gasteiger partial charge on any atom is 0.193 e. The monoisotopic (exact) mass is 210 g/mol. The number of hydrogen-bond donors (Lipinski definition) is 0. The molecule has 4 nitrogen and oxygen atoms in total. The van der Waals surface area contributed by atoms with Gasteiger partial charge in [-0.25, -0.2) is 9.98 Å². The van der Waals surface area contributed by atoms with Crippen molar-refractivity contribution in [3.63, 3.8) is 0 Å². The van der Waals surface area contributed by atoms with Gasteiger partial charge >= 0.3 is 0 Å². The number of hydrogen-bond acceptors (Lipinski definition) is 4. The Bertz CT molecular complexity index is 258. The normalized spacial score (nSPS) is 29.5. The zero-order chi connectivity index (χ0) is 10.7. The van der Waals surface area contributed by atoms with Crippen molar-refractivity contribution >= 4 is 11.8 Å². The molecule has 0 saturated heterocycles. The van der Waals surface area contributed by atoms with Gasteiger partial charge in [0.25, 0.3) is 0 Å². The Morgan fingerprint density at radius 3 is 1.80 bits per heavy atom. The molecule has 15 heavy (non-hydrogen) atoms. The lowest BCUT2D eigenvalue weighted by atomic mass is 10.3. The van der Waals surface area contributed by atoms with E-state index in [-0.39, 0.29) is 0 Å². The zero-order valence-electron chi connectivity index (χ0n) is 9.40. The Kier molecular flexibility index (Phi) is 3.23. The van der Waals surface area contributed by atoms with Crippen LogP contribution in [0, 0.1) is 0 Å². The van der Waals surface area contributed by atoms with Gasteiger partial charge in [0.15, 0.2) is 11.8 Å². The molecular weight excluding hydrogens is 192 g/mol. The van der Waals surface area contributed by atoms with Crippen LogP contribution in [0.15, 0.2) is 9.98 Å². The third-order valence-corrected chi connectivity index (χ3v) is 2.78. The first kappa shape index (κ1) is 10.5. The van der Waals surface area contributed by atoms with Crippen molar-refractivity contribution in [2.24, 2.45) is 9.98 Å². The molecule has 0 saturated carbocycles. The molecule has 0 radical (unpaired) electrons. The highest BCUT2D eigenvalue weighted by Crippen LogP contribution is 2.14. The fourth-order valence-electron chi connectivity index (χ4n) is 1.68. The largest absolute Gasteiger partial charge is 0.478 e. The summed E-state index contributed by atoms with van der Waals surface area (Å²) in [5.41, 5.74) is 0. The van der Waals surface area contributed by atoms with Crippen LogP contribution in [0.1, 0.15) is 33.1 Å².